The van der Waals surface area contributed by atoms with Gasteiger partial charge in [0, 0.05) is 62.8 Å². The molecule has 1 aromatic heterocycles. The lowest BCUT2D eigenvalue weighted by atomic mass is 9.88. The van der Waals surface area contributed by atoms with Gasteiger partial charge in [-0.1, -0.05) is 30.3 Å². The van der Waals surface area contributed by atoms with Crippen LogP contribution in [0.1, 0.15) is 28.2 Å². The Morgan fingerprint density at radius 1 is 1.02 bits per heavy atom. The number of halogens is 2. The van der Waals surface area contributed by atoms with E-state index in [4.69, 9.17) is 4.74 Å². The van der Waals surface area contributed by atoms with Gasteiger partial charge in [-0.2, -0.15) is 0 Å². The van der Waals surface area contributed by atoms with E-state index in [0.717, 1.165) is 41.5 Å². The standard InChI is InChI=1S/C33H35F2N5O4S/c1-22-5-6-24(31(15-22)39-11-13-44-14-12-39)19-40-10-9-36-33(40)37-32(41)29-21-38(18-23-3-2-4-26(16-23)45(42)43)20-28(29)27-8-7-25(34)17-30(27)35/h2-10,15-17,28-29,45H,11-14,18-21H2,1H3,(H,36,37,41)/t28-,29+/m0/s1. The molecule has 6 rings (SSSR count). The Labute approximate surface area is 262 Å². The molecule has 45 heavy (non-hydrogen) atoms. The molecule has 2 atom stereocenters. The molecule has 0 saturated carbocycles. The number of thiol groups is 1. The zero-order valence-electron chi connectivity index (χ0n) is 24.9. The number of nitrogens with zero attached hydrogens (tertiary/aromatic N) is 4. The minimum absolute atomic E-state index is 0.203. The molecule has 2 saturated heterocycles. The van der Waals surface area contributed by atoms with Crippen LogP contribution < -0.4 is 10.2 Å². The molecule has 1 N–H and O–H groups in total. The van der Waals surface area contributed by atoms with Gasteiger partial charge in [-0.3, -0.25) is 15.0 Å². The van der Waals surface area contributed by atoms with Crippen molar-refractivity contribution >= 4 is 28.2 Å². The maximum atomic E-state index is 15.1. The van der Waals surface area contributed by atoms with E-state index in [9.17, 15) is 17.6 Å². The molecule has 0 spiro atoms. The summed E-state index contributed by atoms with van der Waals surface area (Å²) in [6.45, 7) is 6.45. The first kappa shape index (κ1) is 30.9. The second-order valence-electron chi connectivity index (χ2n) is 11.6. The predicted octanol–water partition coefficient (Wildman–Crippen LogP) is 4.18. The van der Waals surface area contributed by atoms with Crippen LogP contribution in [0.4, 0.5) is 20.4 Å². The molecule has 3 heterocycles. The van der Waals surface area contributed by atoms with Gasteiger partial charge in [0.05, 0.1) is 30.6 Å². The van der Waals surface area contributed by atoms with Crippen molar-refractivity contribution in [3.8, 4) is 0 Å². The minimum Gasteiger partial charge on any atom is -0.378 e. The van der Waals surface area contributed by atoms with E-state index in [1.54, 1.807) is 18.3 Å². The van der Waals surface area contributed by atoms with Gasteiger partial charge in [0.1, 0.15) is 11.6 Å². The molecule has 9 nitrogen and oxygen atoms in total. The summed E-state index contributed by atoms with van der Waals surface area (Å²) >= 11 is 0. The molecule has 2 fully saturated rings. The number of imidazole rings is 1. The van der Waals surface area contributed by atoms with Crippen molar-refractivity contribution in [3.05, 3.63) is 107 Å². The molecule has 0 aliphatic carbocycles. The highest BCUT2D eigenvalue weighted by Gasteiger charge is 2.40. The van der Waals surface area contributed by atoms with Crippen LogP contribution in [0.15, 0.2) is 78.0 Å². The number of aryl methyl sites for hydroxylation is 1. The van der Waals surface area contributed by atoms with E-state index in [1.807, 2.05) is 21.7 Å². The Morgan fingerprint density at radius 3 is 2.62 bits per heavy atom. The number of rotatable bonds is 9. The fraction of sp³-hybridized carbons (Fsp3) is 0.333. The topological polar surface area (TPSA) is 96.8 Å². The Balaban J connectivity index is 1.23. The summed E-state index contributed by atoms with van der Waals surface area (Å²) in [5.41, 5.74) is 4.37. The fourth-order valence-electron chi connectivity index (χ4n) is 6.28. The number of likely N-dealkylation sites (tertiary alicyclic amines) is 1. The molecule has 3 aromatic carbocycles. The second kappa shape index (κ2) is 13.5. The molecule has 0 unspecified atom stereocenters. The number of anilines is 2. The molecule has 4 aromatic rings. The highest BCUT2D eigenvalue weighted by atomic mass is 32.2. The number of benzene rings is 3. The summed E-state index contributed by atoms with van der Waals surface area (Å²) in [6.07, 6.45) is 3.44. The number of hydrogen-bond donors (Lipinski definition) is 2. The number of nitrogens with one attached hydrogen (secondary N) is 1. The van der Waals surface area contributed by atoms with Gasteiger partial charge in [0.25, 0.3) is 0 Å². The van der Waals surface area contributed by atoms with Gasteiger partial charge in [-0.15, -0.1) is 0 Å². The smallest absolute Gasteiger partial charge is 0.231 e. The zero-order chi connectivity index (χ0) is 31.5. The number of hydrogen-bond acceptors (Lipinski definition) is 7. The quantitative estimate of drug-likeness (QED) is 0.267. The first-order valence-corrected chi connectivity index (χ1v) is 16.1. The average molecular weight is 636 g/mol. The zero-order valence-corrected chi connectivity index (χ0v) is 25.8. The molecule has 2 aliphatic rings. The number of amides is 1. The van der Waals surface area contributed by atoms with Crippen molar-refractivity contribution in [2.45, 2.75) is 30.8 Å². The SMILES string of the molecule is Cc1ccc(Cn2ccnc2NC(=O)[C@@H]2CN(Cc3cccc([SH](=O)=O)c3)C[C@H]2c2ccc(F)cc2F)c(N2CCOCC2)c1. The Bertz CT molecular complexity index is 1760. The Kier molecular flexibility index (Phi) is 9.24. The van der Waals surface area contributed by atoms with Crippen LogP contribution in [0, 0.1) is 24.5 Å². The number of ether oxygens (including phenoxy) is 1. The number of carbonyl (C=O) groups excluding carboxylic acids is 1. The van der Waals surface area contributed by atoms with Crippen molar-refractivity contribution in [1.82, 2.24) is 14.5 Å². The van der Waals surface area contributed by atoms with Crippen molar-refractivity contribution in [3.63, 3.8) is 0 Å². The molecular formula is C33H35F2N5O4S. The predicted molar refractivity (Wildman–Crippen MR) is 167 cm³/mol. The molecule has 236 valence electrons. The first-order chi connectivity index (χ1) is 21.7. The largest absolute Gasteiger partial charge is 0.378 e. The molecule has 12 heteroatoms. The number of aromatic nitrogens is 2. The van der Waals surface area contributed by atoms with E-state index in [-0.39, 0.29) is 16.4 Å². The monoisotopic (exact) mass is 635 g/mol. The summed E-state index contributed by atoms with van der Waals surface area (Å²) < 4.78 is 59.3. The van der Waals surface area contributed by atoms with Crippen LogP contribution >= 0.6 is 0 Å². The molecule has 0 bridgehead atoms. The second-order valence-corrected chi connectivity index (χ2v) is 12.6. The van der Waals surface area contributed by atoms with Gasteiger partial charge in [0.15, 0.2) is 10.7 Å². The maximum absolute atomic E-state index is 15.1. The van der Waals surface area contributed by atoms with Gasteiger partial charge < -0.3 is 14.2 Å². The molecule has 2 aliphatic heterocycles. The summed E-state index contributed by atoms with van der Waals surface area (Å²) in [6, 6.07) is 16.4. The van der Waals surface area contributed by atoms with Crippen LogP contribution in [0.3, 0.4) is 0 Å². The third-order valence-electron chi connectivity index (χ3n) is 8.51. The molecule has 1 amide bonds. The molecular weight excluding hydrogens is 600 g/mol. The van der Waals surface area contributed by atoms with Gasteiger partial charge in [-0.05, 0) is 53.4 Å². The van der Waals surface area contributed by atoms with E-state index >= 15 is 4.39 Å². The van der Waals surface area contributed by atoms with E-state index in [0.29, 0.717) is 45.3 Å². The van der Waals surface area contributed by atoms with Crippen LogP contribution in [-0.2, 0) is 33.3 Å². The van der Waals surface area contributed by atoms with Gasteiger partial charge >= 0.3 is 0 Å². The van der Waals surface area contributed by atoms with Crippen molar-refractivity contribution < 1.29 is 26.7 Å². The lowest BCUT2D eigenvalue weighted by Crippen LogP contribution is -2.37. The van der Waals surface area contributed by atoms with E-state index in [1.165, 1.54) is 18.2 Å². The van der Waals surface area contributed by atoms with Crippen LogP contribution in [0.25, 0.3) is 0 Å². The number of carbonyl (C=O) groups is 1. The summed E-state index contributed by atoms with van der Waals surface area (Å²) in [5, 5.41) is 2.98. The first-order valence-electron chi connectivity index (χ1n) is 14.9. The summed E-state index contributed by atoms with van der Waals surface area (Å²) in [5.74, 6) is -2.58. The van der Waals surface area contributed by atoms with Crippen LogP contribution in [-0.4, -0.2) is 68.2 Å². The molecule has 0 radical (unpaired) electrons. The normalized spacial score (nSPS) is 18.9. The highest BCUT2D eigenvalue weighted by Crippen LogP contribution is 2.36. The lowest BCUT2D eigenvalue weighted by molar-refractivity contribution is -0.120. The highest BCUT2D eigenvalue weighted by molar-refractivity contribution is 7.72. The fourth-order valence-corrected chi connectivity index (χ4v) is 6.76. The maximum Gasteiger partial charge on any atom is 0.231 e. The summed E-state index contributed by atoms with van der Waals surface area (Å²) in [4.78, 5) is 22.8. The van der Waals surface area contributed by atoms with Crippen molar-refractivity contribution in [1.29, 1.82) is 0 Å². The number of morpholine rings is 1. The average Bonchev–Trinajstić information content (AvgIpc) is 3.65. The van der Waals surface area contributed by atoms with Crippen molar-refractivity contribution in [2.24, 2.45) is 5.92 Å². The van der Waals surface area contributed by atoms with Gasteiger partial charge in [-0.25, -0.2) is 22.2 Å². The van der Waals surface area contributed by atoms with E-state index in [2.05, 4.69) is 40.3 Å². The Morgan fingerprint density at radius 2 is 1.84 bits per heavy atom. The van der Waals surface area contributed by atoms with E-state index < -0.39 is 34.2 Å². The van der Waals surface area contributed by atoms with Crippen LogP contribution in [0.5, 0.6) is 0 Å². The Hall–Kier alpha value is -4.13. The summed E-state index contributed by atoms with van der Waals surface area (Å²) in [7, 11) is -2.74. The third-order valence-corrected chi connectivity index (χ3v) is 9.21. The van der Waals surface area contributed by atoms with Crippen LogP contribution in [0.2, 0.25) is 0 Å². The lowest BCUT2D eigenvalue weighted by Gasteiger charge is -2.31. The van der Waals surface area contributed by atoms with Gasteiger partial charge in [0.2, 0.25) is 11.9 Å². The van der Waals surface area contributed by atoms with Crippen molar-refractivity contribution in [2.75, 3.05) is 49.6 Å². The minimum atomic E-state index is -2.74. The third kappa shape index (κ3) is 7.08.